The molecule has 0 atom stereocenters. The van der Waals surface area contributed by atoms with Crippen molar-refractivity contribution in [1.29, 1.82) is 0 Å². The Morgan fingerprint density at radius 2 is 1.58 bits per heavy atom. The van der Waals surface area contributed by atoms with Gasteiger partial charge in [-0.25, -0.2) is 0 Å². The number of anilines is 1. The first kappa shape index (κ1) is 35.4. The minimum atomic E-state index is -0.00395. The molecule has 1 aliphatic carbocycles. The van der Waals surface area contributed by atoms with E-state index in [0.29, 0.717) is 0 Å². The predicted octanol–water partition coefficient (Wildman–Crippen LogP) is 14.0. The largest absolute Gasteiger partial charge is 0.314 e. The van der Waals surface area contributed by atoms with Gasteiger partial charge < -0.3 is 4.90 Å². The van der Waals surface area contributed by atoms with E-state index >= 15 is 0 Å². The number of fused-ring (bicyclic) bond motifs is 4. The molecule has 1 aliphatic heterocycles. The fraction of sp³-hybridized carbons (Fsp3) is 0.200. The molecular formula is C50H49NS. The zero-order valence-electron chi connectivity index (χ0n) is 31.0. The number of hydrogen-bond acceptors (Lipinski definition) is 2. The van der Waals surface area contributed by atoms with Gasteiger partial charge in [-0.05, 0) is 131 Å². The summed E-state index contributed by atoms with van der Waals surface area (Å²) in [4.78, 5) is 2.43. The number of rotatable bonds is 12. The number of hydrogen-bond donors (Lipinski definition) is 0. The van der Waals surface area contributed by atoms with E-state index in [-0.39, 0.29) is 4.75 Å². The SMILES string of the molecule is C=C/C(=C\C=C(/C)c1ccc(-c2cc(C)c(/C=C\C)c3ccccc23)cc1)N(C1=CC2(SCC1)c1ccccc12)c1ccc(C/C=C\CCC)cc1. The topological polar surface area (TPSA) is 3.24 Å². The fourth-order valence-electron chi connectivity index (χ4n) is 7.58. The fourth-order valence-corrected chi connectivity index (χ4v) is 9.05. The van der Waals surface area contributed by atoms with Gasteiger partial charge in [-0.1, -0.05) is 141 Å². The maximum absolute atomic E-state index is 4.33. The number of allylic oxidation sites excluding steroid dienone is 8. The van der Waals surface area contributed by atoms with E-state index in [1.807, 2.05) is 6.08 Å². The molecule has 260 valence electrons. The van der Waals surface area contributed by atoms with Gasteiger partial charge in [0.05, 0.1) is 4.75 Å². The van der Waals surface area contributed by atoms with Gasteiger partial charge in [-0.3, -0.25) is 0 Å². The second-order valence-corrected chi connectivity index (χ2v) is 15.2. The Labute approximate surface area is 315 Å². The molecular weight excluding hydrogens is 647 g/mol. The highest BCUT2D eigenvalue weighted by Gasteiger charge is 2.50. The van der Waals surface area contributed by atoms with Crippen molar-refractivity contribution in [2.75, 3.05) is 10.7 Å². The number of thioether (sulfide) groups is 1. The first-order valence-corrected chi connectivity index (χ1v) is 19.7. The molecule has 5 aromatic rings. The third-order valence-electron chi connectivity index (χ3n) is 10.4. The van der Waals surface area contributed by atoms with E-state index in [2.05, 4.69) is 197 Å². The maximum Gasteiger partial charge on any atom is 0.0864 e. The summed E-state index contributed by atoms with van der Waals surface area (Å²) in [6, 6.07) is 38.2. The summed E-state index contributed by atoms with van der Waals surface area (Å²) in [6.07, 6.45) is 22.2. The Balaban J connectivity index is 1.21. The molecule has 52 heavy (non-hydrogen) atoms. The molecule has 0 N–H and O–H groups in total. The van der Waals surface area contributed by atoms with E-state index in [4.69, 9.17) is 0 Å². The van der Waals surface area contributed by atoms with Crippen molar-refractivity contribution < 1.29 is 0 Å². The summed E-state index contributed by atoms with van der Waals surface area (Å²) in [5.74, 6) is 1.08. The van der Waals surface area contributed by atoms with Crippen LogP contribution in [0.15, 0.2) is 164 Å². The molecule has 7 rings (SSSR count). The predicted molar refractivity (Wildman–Crippen MR) is 230 cm³/mol. The molecule has 0 fully saturated rings. The minimum absolute atomic E-state index is 0.00395. The van der Waals surface area contributed by atoms with Gasteiger partial charge in [-0.2, -0.15) is 0 Å². The number of unbranched alkanes of at least 4 members (excludes halogenated alkanes) is 1. The van der Waals surface area contributed by atoms with Crippen molar-refractivity contribution in [2.24, 2.45) is 0 Å². The van der Waals surface area contributed by atoms with E-state index in [1.54, 1.807) is 0 Å². The molecule has 0 radical (unpaired) electrons. The lowest BCUT2D eigenvalue weighted by Crippen LogP contribution is -2.25. The average molecular weight is 696 g/mol. The van der Waals surface area contributed by atoms with E-state index in [1.165, 1.54) is 78.7 Å². The standard InChI is InChI=1S/C50H49NS/c1-6-9-10-11-17-38-23-30-42(31-24-38)51(43-32-33-52-50(35-43)48-20-14-15-21-49(48)50)41(8-3)29-22-36(4)39-25-27-40(28-26-39)47-34-37(5)44(16-7-2)45-18-12-13-19-46(45)47/h7-8,10-16,18-31,34-35H,3,6,9,17,32-33H2,1-2,4-5H3/b11-10-,16-7-,36-22+,41-29+. The van der Waals surface area contributed by atoms with Crippen LogP contribution in [0.1, 0.15) is 73.4 Å². The zero-order chi connectivity index (χ0) is 36.1. The Hall–Kier alpha value is -5.05. The number of benzene rings is 5. The summed E-state index contributed by atoms with van der Waals surface area (Å²) >= 11 is 2.06. The molecule has 0 saturated heterocycles. The lowest BCUT2D eigenvalue weighted by Gasteiger charge is -2.33. The number of nitrogens with zero attached hydrogens (tertiary/aromatic N) is 1. The highest BCUT2D eigenvalue weighted by molar-refractivity contribution is 8.01. The smallest absolute Gasteiger partial charge is 0.0864 e. The normalized spacial score (nSPS) is 15.3. The third-order valence-corrected chi connectivity index (χ3v) is 11.9. The Kier molecular flexibility index (Phi) is 10.7. The average Bonchev–Trinajstić information content (AvgIpc) is 3.80. The summed E-state index contributed by atoms with van der Waals surface area (Å²) in [7, 11) is 0. The first-order chi connectivity index (χ1) is 25.5. The van der Waals surface area contributed by atoms with Crippen LogP contribution < -0.4 is 4.90 Å². The van der Waals surface area contributed by atoms with Crippen LogP contribution in [0.4, 0.5) is 5.69 Å². The lowest BCUT2D eigenvalue weighted by atomic mass is 9.91. The highest BCUT2D eigenvalue weighted by Crippen LogP contribution is 2.61. The minimum Gasteiger partial charge on any atom is -0.314 e. The van der Waals surface area contributed by atoms with Gasteiger partial charge >= 0.3 is 0 Å². The second-order valence-electron chi connectivity index (χ2n) is 13.9. The van der Waals surface area contributed by atoms with Gasteiger partial charge in [0, 0.05) is 22.8 Å². The molecule has 1 spiro atoms. The van der Waals surface area contributed by atoms with Crippen molar-refractivity contribution in [2.45, 2.75) is 58.1 Å². The molecule has 0 amide bonds. The van der Waals surface area contributed by atoms with Crippen LogP contribution >= 0.6 is 11.8 Å². The molecule has 0 unspecified atom stereocenters. The van der Waals surface area contributed by atoms with Crippen molar-refractivity contribution in [3.05, 3.63) is 197 Å². The van der Waals surface area contributed by atoms with Crippen LogP contribution in [0.25, 0.3) is 33.5 Å². The molecule has 2 heteroatoms. The van der Waals surface area contributed by atoms with Crippen LogP contribution in [0.5, 0.6) is 0 Å². The molecule has 0 bridgehead atoms. The molecule has 5 aromatic carbocycles. The lowest BCUT2D eigenvalue weighted by molar-refractivity contribution is 0.936. The number of aryl methyl sites for hydroxylation is 1. The zero-order valence-corrected chi connectivity index (χ0v) is 31.8. The summed E-state index contributed by atoms with van der Waals surface area (Å²) in [5, 5.41) is 2.58. The van der Waals surface area contributed by atoms with Gasteiger partial charge in [0.15, 0.2) is 0 Å². The van der Waals surface area contributed by atoms with Crippen molar-refractivity contribution >= 4 is 39.9 Å². The molecule has 0 saturated carbocycles. The van der Waals surface area contributed by atoms with Crippen LogP contribution in [-0.2, 0) is 11.2 Å². The van der Waals surface area contributed by atoms with Crippen LogP contribution in [0, 0.1) is 6.92 Å². The summed E-state index contributed by atoms with van der Waals surface area (Å²) < 4.78 is -0.00395. The second kappa shape index (κ2) is 15.7. The van der Waals surface area contributed by atoms with Crippen LogP contribution in [-0.4, -0.2) is 5.75 Å². The van der Waals surface area contributed by atoms with Crippen molar-refractivity contribution in [3.8, 4) is 11.1 Å². The summed E-state index contributed by atoms with van der Waals surface area (Å²) in [6.45, 7) is 13.1. The summed E-state index contributed by atoms with van der Waals surface area (Å²) in [5.41, 5.74) is 15.3. The van der Waals surface area contributed by atoms with Gasteiger partial charge in [0.2, 0.25) is 0 Å². The van der Waals surface area contributed by atoms with E-state index in [0.717, 1.165) is 30.7 Å². The van der Waals surface area contributed by atoms with Gasteiger partial charge in [0.1, 0.15) is 0 Å². The van der Waals surface area contributed by atoms with Gasteiger partial charge in [0.25, 0.3) is 0 Å². The third kappa shape index (κ3) is 7.05. The maximum atomic E-state index is 4.33. The van der Waals surface area contributed by atoms with Crippen molar-refractivity contribution in [3.63, 3.8) is 0 Å². The van der Waals surface area contributed by atoms with Gasteiger partial charge in [-0.15, -0.1) is 11.8 Å². The Morgan fingerprint density at radius 1 is 0.865 bits per heavy atom. The monoisotopic (exact) mass is 695 g/mol. The van der Waals surface area contributed by atoms with Crippen LogP contribution in [0.3, 0.4) is 0 Å². The highest BCUT2D eigenvalue weighted by atomic mass is 32.2. The Bertz CT molecular complexity index is 2220. The molecule has 1 heterocycles. The molecule has 0 aromatic heterocycles. The molecule has 2 aliphatic rings. The first-order valence-electron chi connectivity index (χ1n) is 18.7. The van der Waals surface area contributed by atoms with E-state index < -0.39 is 0 Å². The Morgan fingerprint density at radius 3 is 2.27 bits per heavy atom. The molecule has 1 nitrogen and oxygen atoms in total. The van der Waals surface area contributed by atoms with Crippen molar-refractivity contribution in [1.82, 2.24) is 0 Å². The quantitative estimate of drug-likeness (QED) is 0.0944. The van der Waals surface area contributed by atoms with Crippen LogP contribution in [0.2, 0.25) is 0 Å². The van der Waals surface area contributed by atoms with E-state index in [9.17, 15) is 0 Å².